The molecule has 0 spiro atoms. The van der Waals surface area contributed by atoms with Gasteiger partial charge in [-0.3, -0.25) is 0 Å². The second-order valence-corrected chi connectivity index (χ2v) is 6.04. The third kappa shape index (κ3) is 5.71. The summed E-state index contributed by atoms with van der Waals surface area (Å²) in [5, 5.41) is 16.6. The maximum Gasteiger partial charge on any atom is 0.434 e. The predicted molar refractivity (Wildman–Crippen MR) is 91.1 cm³/mol. The van der Waals surface area contributed by atoms with Gasteiger partial charge in [0.25, 0.3) is 0 Å². The van der Waals surface area contributed by atoms with Crippen LogP contribution >= 0.6 is 11.3 Å². The Morgan fingerprint density at radius 3 is 2.56 bits per heavy atom. The van der Waals surface area contributed by atoms with E-state index in [4.69, 9.17) is 0 Å². The number of nitrogens with zero attached hydrogens (tertiary/aromatic N) is 2. The summed E-state index contributed by atoms with van der Waals surface area (Å²) in [6.07, 6.45) is -4.43. The van der Waals surface area contributed by atoms with Gasteiger partial charge in [-0.15, -0.1) is 11.3 Å². The number of aliphatic hydroxyl groups is 1. The summed E-state index contributed by atoms with van der Waals surface area (Å²) < 4.78 is 37.7. The number of alkyl halides is 3. The molecule has 1 heterocycles. The first-order chi connectivity index (χ1) is 11.9. The molecule has 2 rings (SSSR count). The molecular formula is C16H19F3N4OS. The molecule has 0 saturated heterocycles. The number of hydrogen-bond acceptors (Lipinski definition) is 4. The Morgan fingerprint density at radius 1 is 1.24 bits per heavy atom. The Morgan fingerprint density at radius 2 is 1.96 bits per heavy atom. The van der Waals surface area contributed by atoms with Crippen molar-refractivity contribution < 1.29 is 18.3 Å². The molecule has 0 atom stereocenters. The van der Waals surface area contributed by atoms with E-state index >= 15 is 0 Å². The largest absolute Gasteiger partial charge is 0.434 e. The van der Waals surface area contributed by atoms with Crippen molar-refractivity contribution in [2.45, 2.75) is 32.8 Å². The van der Waals surface area contributed by atoms with Crippen LogP contribution in [0, 0.1) is 0 Å². The smallest absolute Gasteiger partial charge is 0.392 e. The molecule has 0 bridgehead atoms. The molecule has 0 fully saturated rings. The van der Waals surface area contributed by atoms with Crippen LogP contribution < -0.4 is 10.6 Å². The van der Waals surface area contributed by atoms with Crippen molar-refractivity contribution >= 4 is 17.3 Å². The molecule has 136 valence electrons. The first-order valence-corrected chi connectivity index (χ1v) is 8.53. The Hall–Kier alpha value is -2.13. The number of aromatic nitrogens is 1. The van der Waals surface area contributed by atoms with Crippen LogP contribution in [-0.4, -0.2) is 22.6 Å². The maximum absolute atomic E-state index is 12.6. The van der Waals surface area contributed by atoms with Crippen LogP contribution in [0.15, 0.2) is 34.6 Å². The zero-order valence-corrected chi connectivity index (χ0v) is 14.4. The summed E-state index contributed by atoms with van der Waals surface area (Å²) in [5.74, 6) is 0.471. The van der Waals surface area contributed by atoms with Gasteiger partial charge in [-0.25, -0.2) is 9.98 Å². The van der Waals surface area contributed by atoms with E-state index < -0.39 is 11.9 Å². The summed E-state index contributed by atoms with van der Waals surface area (Å²) in [4.78, 5) is 7.98. The summed E-state index contributed by atoms with van der Waals surface area (Å²) in [6, 6.07) is 7.38. The summed E-state index contributed by atoms with van der Waals surface area (Å²) >= 11 is 0.948. The van der Waals surface area contributed by atoms with E-state index in [1.165, 1.54) is 0 Å². The van der Waals surface area contributed by atoms with Gasteiger partial charge in [0.15, 0.2) is 11.7 Å². The molecule has 0 amide bonds. The van der Waals surface area contributed by atoms with Crippen LogP contribution in [0.1, 0.15) is 28.8 Å². The minimum absolute atomic E-state index is 0.0744. The zero-order valence-electron chi connectivity index (χ0n) is 13.6. The SMILES string of the molecule is CCNC(=NCc1ccccc1CO)NCc1nc(C(F)(F)F)cs1. The highest BCUT2D eigenvalue weighted by molar-refractivity contribution is 7.09. The van der Waals surface area contributed by atoms with Crippen molar-refractivity contribution in [3.63, 3.8) is 0 Å². The fraction of sp³-hybridized carbons (Fsp3) is 0.375. The molecule has 0 aliphatic heterocycles. The highest BCUT2D eigenvalue weighted by Gasteiger charge is 2.33. The normalized spacial score (nSPS) is 12.3. The molecule has 9 heteroatoms. The Bertz CT molecular complexity index is 715. The first kappa shape index (κ1) is 19.2. The topological polar surface area (TPSA) is 69.5 Å². The van der Waals surface area contributed by atoms with Gasteiger partial charge in [0, 0.05) is 11.9 Å². The number of benzene rings is 1. The molecular weight excluding hydrogens is 353 g/mol. The molecule has 25 heavy (non-hydrogen) atoms. The molecule has 0 saturated carbocycles. The fourth-order valence-electron chi connectivity index (χ4n) is 2.05. The van der Waals surface area contributed by atoms with Crippen LogP contribution in [0.4, 0.5) is 13.2 Å². The molecule has 1 aromatic carbocycles. The van der Waals surface area contributed by atoms with Crippen molar-refractivity contribution in [3.8, 4) is 0 Å². The fourth-order valence-corrected chi connectivity index (χ4v) is 2.79. The van der Waals surface area contributed by atoms with Gasteiger partial charge in [-0.1, -0.05) is 24.3 Å². The van der Waals surface area contributed by atoms with Gasteiger partial charge in [-0.2, -0.15) is 13.2 Å². The van der Waals surface area contributed by atoms with Crippen LogP contribution in [0.3, 0.4) is 0 Å². The monoisotopic (exact) mass is 372 g/mol. The highest BCUT2D eigenvalue weighted by Crippen LogP contribution is 2.29. The second kappa shape index (κ2) is 8.82. The predicted octanol–water partition coefficient (Wildman–Crippen LogP) is 2.91. The lowest BCUT2D eigenvalue weighted by molar-refractivity contribution is -0.140. The number of guanidine groups is 1. The van der Waals surface area contributed by atoms with Crippen molar-refractivity contribution in [1.29, 1.82) is 0 Å². The molecule has 0 radical (unpaired) electrons. The second-order valence-electron chi connectivity index (χ2n) is 5.10. The number of nitrogens with one attached hydrogen (secondary N) is 2. The average molecular weight is 372 g/mol. The van der Waals surface area contributed by atoms with Crippen molar-refractivity contribution in [3.05, 3.63) is 51.5 Å². The minimum Gasteiger partial charge on any atom is -0.392 e. The van der Waals surface area contributed by atoms with Gasteiger partial charge >= 0.3 is 6.18 Å². The van der Waals surface area contributed by atoms with E-state index in [1.54, 1.807) is 0 Å². The number of hydrogen-bond donors (Lipinski definition) is 3. The zero-order chi connectivity index (χ0) is 18.3. The number of halogens is 3. The number of aliphatic hydroxyl groups excluding tert-OH is 1. The van der Waals surface area contributed by atoms with Gasteiger partial charge in [0.05, 0.1) is 19.7 Å². The summed E-state index contributed by atoms with van der Waals surface area (Å²) in [7, 11) is 0. The standard InChI is InChI=1S/C16H19F3N4OS/c1-2-20-15(21-7-11-5-3-4-6-12(11)9-24)22-8-14-23-13(10-25-14)16(17,18)19/h3-6,10,24H,2,7-9H2,1H3,(H2,20,21,22). The first-order valence-electron chi connectivity index (χ1n) is 7.65. The van der Waals surface area contributed by atoms with E-state index in [0.29, 0.717) is 24.1 Å². The third-order valence-corrected chi connectivity index (χ3v) is 4.14. The van der Waals surface area contributed by atoms with Crippen molar-refractivity contribution in [2.75, 3.05) is 6.54 Å². The number of rotatable bonds is 6. The van der Waals surface area contributed by atoms with Gasteiger partial charge in [0.1, 0.15) is 5.01 Å². The van der Waals surface area contributed by atoms with Gasteiger partial charge in [-0.05, 0) is 18.1 Å². The van der Waals surface area contributed by atoms with E-state index in [-0.39, 0.29) is 13.2 Å². The molecule has 3 N–H and O–H groups in total. The third-order valence-electron chi connectivity index (χ3n) is 3.29. The molecule has 1 aromatic heterocycles. The Labute approximate surface area is 147 Å². The Kier molecular flexibility index (Phi) is 6.77. The van der Waals surface area contributed by atoms with E-state index in [1.807, 2.05) is 31.2 Å². The molecule has 0 aliphatic rings. The molecule has 0 unspecified atom stereocenters. The van der Waals surface area contributed by atoms with Gasteiger partial charge in [0.2, 0.25) is 0 Å². The lowest BCUT2D eigenvalue weighted by Gasteiger charge is -2.11. The summed E-state index contributed by atoms with van der Waals surface area (Å²) in [5.41, 5.74) is 0.792. The number of aliphatic imine (C=N–C) groups is 1. The molecule has 2 aromatic rings. The average Bonchev–Trinajstić information content (AvgIpc) is 3.07. The maximum atomic E-state index is 12.6. The lowest BCUT2D eigenvalue weighted by Crippen LogP contribution is -2.36. The van der Waals surface area contributed by atoms with Crippen LogP contribution in [0.5, 0.6) is 0 Å². The quantitative estimate of drug-likeness (QED) is 0.539. The van der Waals surface area contributed by atoms with E-state index in [9.17, 15) is 18.3 Å². The van der Waals surface area contributed by atoms with Crippen molar-refractivity contribution in [1.82, 2.24) is 15.6 Å². The lowest BCUT2D eigenvalue weighted by atomic mass is 10.1. The molecule has 0 aliphatic carbocycles. The van der Waals surface area contributed by atoms with Gasteiger partial charge < -0.3 is 15.7 Å². The Balaban J connectivity index is 2.01. The molecule has 5 nitrogen and oxygen atoms in total. The van der Waals surface area contributed by atoms with Crippen LogP contribution in [-0.2, 0) is 25.9 Å². The van der Waals surface area contributed by atoms with E-state index in [2.05, 4.69) is 20.6 Å². The van der Waals surface area contributed by atoms with Crippen molar-refractivity contribution in [2.24, 2.45) is 4.99 Å². The number of thiazole rings is 1. The minimum atomic E-state index is -4.43. The van der Waals surface area contributed by atoms with E-state index in [0.717, 1.165) is 27.8 Å². The van der Waals surface area contributed by atoms with Crippen LogP contribution in [0.25, 0.3) is 0 Å². The highest BCUT2D eigenvalue weighted by atomic mass is 32.1. The summed E-state index contributed by atoms with van der Waals surface area (Å²) in [6.45, 7) is 2.92. The van der Waals surface area contributed by atoms with Crippen LogP contribution in [0.2, 0.25) is 0 Å².